The van der Waals surface area contributed by atoms with Crippen molar-refractivity contribution in [3.63, 3.8) is 0 Å². The first kappa shape index (κ1) is 12.2. The zero-order chi connectivity index (χ0) is 12.3. The van der Waals surface area contributed by atoms with Gasteiger partial charge in [-0.1, -0.05) is 0 Å². The first-order valence-corrected chi connectivity index (χ1v) is 6.04. The summed E-state index contributed by atoms with van der Waals surface area (Å²) in [6, 6.07) is 3.97. The van der Waals surface area contributed by atoms with E-state index in [0.717, 1.165) is 44.0 Å². The lowest BCUT2D eigenvalue weighted by Gasteiger charge is -2.30. The molecule has 1 aliphatic rings. The molecule has 4 nitrogen and oxygen atoms in total. The van der Waals surface area contributed by atoms with E-state index in [4.69, 9.17) is 9.15 Å². The van der Waals surface area contributed by atoms with Crippen LogP contribution < -0.4 is 0 Å². The molecule has 94 valence electrons. The second kappa shape index (κ2) is 5.36. The fraction of sp³-hybridized carbons (Fsp3) is 0.615. The summed E-state index contributed by atoms with van der Waals surface area (Å²) in [7, 11) is 1.46. The zero-order valence-corrected chi connectivity index (χ0v) is 10.4. The molecule has 0 aliphatic carbocycles. The SMILES string of the molecule is COC(=O)[C@H]1CCCN(Cc2ccc(C)o2)C1. The lowest BCUT2D eigenvalue weighted by molar-refractivity contribution is -0.147. The lowest BCUT2D eigenvalue weighted by Crippen LogP contribution is -2.38. The molecular formula is C13H19NO3. The molecule has 0 radical (unpaired) electrons. The van der Waals surface area contributed by atoms with Crippen molar-refractivity contribution in [3.8, 4) is 0 Å². The van der Waals surface area contributed by atoms with Gasteiger partial charge in [-0.2, -0.15) is 0 Å². The van der Waals surface area contributed by atoms with Crippen LogP contribution in [0.3, 0.4) is 0 Å². The van der Waals surface area contributed by atoms with E-state index >= 15 is 0 Å². The van der Waals surface area contributed by atoms with Crippen molar-refractivity contribution in [2.75, 3.05) is 20.2 Å². The fourth-order valence-electron chi connectivity index (χ4n) is 2.35. The number of rotatable bonds is 3. The number of hydrogen-bond donors (Lipinski definition) is 0. The molecule has 2 heterocycles. The highest BCUT2D eigenvalue weighted by Crippen LogP contribution is 2.20. The van der Waals surface area contributed by atoms with Gasteiger partial charge in [0, 0.05) is 6.54 Å². The number of esters is 1. The molecule has 4 heteroatoms. The van der Waals surface area contributed by atoms with E-state index in [2.05, 4.69) is 4.90 Å². The predicted molar refractivity (Wildman–Crippen MR) is 63.5 cm³/mol. The summed E-state index contributed by atoms with van der Waals surface area (Å²) in [5.74, 6) is 1.82. The predicted octanol–water partition coefficient (Wildman–Crippen LogP) is 1.97. The van der Waals surface area contributed by atoms with Gasteiger partial charge in [-0.25, -0.2) is 0 Å². The number of carbonyl (C=O) groups is 1. The van der Waals surface area contributed by atoms with E-state index < -0.39 is 0 Å². The zero-order valence-electron chi connectivity index (χ0n) is 10.4. The summed E-state index contributed by atoms with van der Waals surface area (Å²) >= 11 is 0. The molecule has 0 bridgehead atoms. The number of hydrogen-bond acceptors (Lipinski definition) is 4. The normalized spacial score (nSPS) is 21.4. The van der Waals surface area contributed by atoms with E-state index in [1.54, 1.807) is 0 Å². The van der Waals surface area contributed by atoms with Crippen LogP contribution in [0, 0.1) is 12.8 Å². The number of furan rings is 1. The molecule has 0 saturated carbocycles. The smallest absolute Gasteiger partial charge is 0.309 e. The molecule has 1 aromatic heterocycles. The molecule has 1 atom stereocenters. The maximum atomic E-state index is 11.5. The molecule has 0 N–H and O–H groups in total. The summed E-state index contributed by atoms with van der Waals surface area (Å²) in [6.45, 7) is 4.51. The second-order valence-corrected chi connectivity index (χ2v) is 4.61. The summed E-state index contributed by atoms with van der Waals surface area (Å²) in [5.41, 5.74) is 0. The van der Waals surface area contributed by atoms with Crippen LogP contribution in [0.1, 0.15) is 24.4 Å². The summed E-state index contributed by atoms with van der Waals surface area (Å²) < 4.78 is 10.4. The Labute approximate surface area is 102 Å². The van der Waals surface area contributed by atoms with Gasteiger partial charge in [0.2, 0.25) is 0 Å². The third kappa shape index (κ3) is 3.09. The van der Waals surface area contributed by atoms with Gasteiger partial charge in [0.15, 0.2) is 0 Å². The first-order valence-electron chi connectivity index (χ1n) is 6.04. The highest BCUT2D eigenvalue weighted by molar-refractivity contribution is 5.72. The van der Waals surface area contributed by atoms with Crippen molar-refractivity contribution in [1.82, 2.24) is 4.90 Å². The van der Waals surface area contributed by atoms with Gasteiger partial charge in [0.25, 0.3) is 0 Å². The monoisotopic (exact) mass is 237 g/mol. The maximum absolute atomic E-state index is 11.5. The maximum Gasteiger partial charge on any atom is 0.309 e. The third-order valence-electron chi connectivity index (χ3n) is 3.22. The molecule has 0 spiro atoms. The standard InChI is InChI=1S/C13H19NO3/c1-10-5-6-12(17-10)9-14-7-3-4-11(8-14)13(15)16-2/h5-6,11H,3-4,7-9H2,1-2H3/t11-/m0/s1. The van der Waals surface area contributed by atoms with Crippen LogP contribution in [-0.2, 0) is 16.1 Å². The molecule has 1 fully saturated rings. The van der Waals surface area contributed by atoms with E-state index in [-0.39, 0.29) is 11.9 Å². The summed E-state index contributed by atoms with van der Waals surface area (Å²) in [4.78, 5) is 13.7. The van der Waals surface area contributed by atoms with E-state index in [1.807, 2.05) is 19.1 Å². The molecule has 0 amide bonds. The Morgan fingerprint density at radius 2 is 2.41 bits per heavy atom. The largest absolute Gasteiger partial charge is 0.469 e. The molecule has 0 aromatic carbocycles. The third-order valence-corrected chi connectivity index (χ3v) is 3.22. The summed E-state index contributed by atoms with van der Waals surface area (Å²) in [6.07, 6.45) is 1.97. The van der Waals surface area contributed by atoms with Crippen LogP contribution in [-0.4, -0.2) is 31.1 Å². The van der Waals surface area contributed by atoms with Gasteiger partial charge in [-0.05, 0) is 38.4 Å². The van der Waals surface area contributed by atoms with Crippen molar-refractivity contribution >= 4 is 5.97 Å². The molecule has 1 aliphatic heterocycles. The topological polar surface area (TPSA) is 42.7 Å². The van der Waals surface area contributed by atoms with Crippen LogP contribution in [0.15, 0.2) is 16.5 Å². The van der Waals surface area contributed by atoms with Crippen molar-refractivity contribution in [1.29, 1.82) is 0 Å². The Hall–Kier alpha value is -1.29. The van der Waals surface area contributed by atoms with Gasteiger partial charge >= 0.3 is 5.97 Å². The van der Waals surface area contributed by atoms with Gasteiger partial charge in [0.05, 0.1) is 19.6 Å². The Kier molecular flexibility index (Phi) is 3.84. The molecule has 2 rings (SSSR count). The van der Waals surface area contributed by atoms with Gasteiger partial charge in [-0.3, -0.25) is 9.69 Å². The number of ether oxygens (including phenoxy) is 1. The minimum atomic E-state index is -0.0923. The Morgan fingerprint density at radius 1 is 1.59 bits per heavy atom. The number of methoxy groups -OCH3 is 1. The molecule has 0 unspecified atom stereocenters. The first-order chi connectivity index (χ1) is 8.19. The van der Waals surface area contributed by atoms with Gasteiger partial charge < -0.3 is 9.15 Å². The van der Waals surface area contributed by atoms with Crippen molar-refractivity contribution in [2.45, 2.75) is 26.3 Å². The Bertz CT molecular complexity index is 386. The van der Waals surface area contributed by atoms with Gasteiger partial charge in [-0.15, -0.1) is 0 Å². The highest BCUT2D eigenvalue weighted by atomic mass is 16.5. The average molecular weight is 237 g/mol. The minimum absolute atomic E-state index is 0.0183. The van der Waals surface area contributed by atoms with E-state index in [1.165, 1.54) is 7.11 Å². The van der Waals surface area contributed by atoms with Crippen LogP contribution in [0.2, 0.25) is 0 Å². The minimum Gasteiger partial charge on any atom is -0.469 e. The highest BCUT2D eigenvalue weighted by Gasteiger charge is 2.26. The van der Waals surface area contributed by atoms with Crippen LogP contribution in [0.25, 0.3) is 0 Å². The number of nitrogens with zero attached hydrogens (tertiary/aromatic N) is 1. The van der Waals surface area contributed by atoms with Crippen LogP contribution in [0.4, 0.5) is 0 Å². The average Bonchev–Trinajstić information content (AvgIpc) is 2.74. The molecule has 1 aromatic rings. The van der Waals surface area contributed by atoms with Crippen molar-refractivity contribution in [3.05, 3.63) is 23.7 Å². The fourth-order valence-corrected chi connectivity index (χ4v) is 2.35. The van der Waals surface area contributed by atoms with Crippen LogP contribution in [0.5, 0.6) is 0 Å². The van der Waals surface area contributed by atoms with Gasteiger partial charge in [0.1, 0.15) is 11.5 Å². The van der Waals surface area contributed by atoms with Crippen LogP contribution >= 0.6 is 0 Å². The number of piperidine rings is 1. The van der Waals surface area contributed by atoms with E-state index in [0.29, 0.717) is 0 Å². The lowest BCUT2D eigenvalue weighted by atomic mass is 9.98. The second-order valence-electron chi connectivity index (χ2n) is 4.61. The van der Waals surface area contributed by atoms with Crippen molar-refractivity contribution < 1.29 is 13.9 Å². The summed E-state index contributed by atoms with van der Waals surface area (Å²) in [5, 5.41) is 0. The number of aryl methyl sites for hydroxylation is 1. The van der Waals surface area contributed by atoms with Crippen molar-refractivity contribution in [2.24, 2.45) is 5.92 Å². The quantitative estimate of drug-likeness (QED) is 0.754. The van der Waals surface area contributed by atoms with E-state index in [9.17, 15) is 4.79 Å². The number of likely N-dealkylation sites (tertiary alicyclic amines) is 1. The Balaban J connectivity index is 1.91. The number of carbonyl (C=O) groups excluding carboxylic acids is 1. The Morgan fingerprint density at radius 3 is 3.06 bits per heavy atom. The molecule has 1 saturated heterocycles. The molecule has 17 heavy (non-hydrogen) atoms. The molecular weight excluding hydrogens is 218 g/mol.